The van der Waals surface area contributed by atoms with Crippen LogP contribution >= 0.6 is 0 Å². The molecule has 160 valence electrons. The van der Waals surface area contributed by atoms with E-state index in [4.69, 9.17) is 0 Å². The number of carbonyl (C=O) groups is 2. The van der Waals surface area contributed by atoms with E-state index < -0.39 is 38.1 Å². The molecule has 2 aromatic carbocycles. The number of carbonyl (C=O) groups excluding carboxylic acids is 2. The molecule has 1 aliphatic rings. The van der Waals surface area contributed by atoms with Crippen molar-refractivity contribution in [2.24, 2.45) is 0 Å². The molecular formula is C20H19F3N2O4S. The quantitative estimate of drug-likeness (QED) is 0.775. The number of halogens is 3. The summed E-state index contributed by atoms with van der Waals surface area (Å²) in [5, 5.41) is 2.78. The molecule has 2 amide bonds. The van der Waals surface area contributed by atoms with E-state index >= 15 is 0 Å². The van der Waals surface area contributed by atoms with E-state index in [1.54, 1.807) is 6.07 Å². The third-order valence-electron chi connectivity index (χ3n) is 4.90. The molecule has 1 fully saturated rings. The second-order valence-corrected chi connectivity index (χ2v) is 8.77. The van der Waals surface area contributed by atoms with Gasteiger partial charge in [-0.2, -0.15) is 8.78 Å². The summed E-state index contributed by atoms with van der Waals surface area (Å²) in [5.41, 5.74) is 0.131. The maximum Gasteiger partial charge on any atom is 0.341 e. The minimum absolute atomic E-state index is 0.00109. The number of nitrogens with one attached hydrogen (secondary N) is 1. The normalized spacial score (nSPS) is 15.3. The van der Waals surface area contributed by atoms with E-state index in [1.807, 2.05) is 0 Å². The van der Waals surface area contributed by atoms with Crippen molar-refractivity contribution in [1.29, 1.82) is 0 Å². The summed E-state index contributed by atoms with van der Waals surface area (Å²) in [4.78, 5) is 25.7. The molecule has 1 saturated heterocycles. The van der Waals surface area contributed by atoms with Crippen LogP contribution in [0.1, 0.15) is 33.6 Å². The van der Waals surface area contributed by atoms with Crippen LogP contribution in [-0.2, 0) is 9.84 Å². The summed E-state index contributed by atoms with van der Waals surface area (Å²) in [5.74, 6) is -5.01. The summed E-state index contributed by atoms with van der Waals surface area (Å²) in [7, 11) is -4.72. The lowest BCUT2D eigenvalue weighted by Gasteiger charge is -2.32. The van der Waals surface area contributed by atoms with Crippen LogP contribution in [0.5, 0.6) is 0 Å². The van der Waals surface area contributed by atoms with Crippen molar-refractivity contribution in [2.75, 3.05) is 13.1 Å². The van der Waals surface area contributed by atoms with Crippen LogP contribution in [0.3, 0.4) is 0 Å². The summed E-state index contributed by atoms with van der Waals surface area (Å²) >= 11 is 0. The third kappa shape index (κ3) is 4.64. The minimum Gasteiger partial charge on any atom is -0.349 e. The molecule has 10 heteroatoms. The van der Waals surface area contributed by atoms with E-state index in [-0.39, 0.29) is 17.2 Å². The van der Waals surface area contributed by atoms with Crippen molar-refractivity contribution in [3.05, 3.63) is 65.5 Å². The first-order chi connectivity index (χ1) is 14.2. The zero-order valence-electron chi connectivity index (χ0n) is 15.7. The maximum atomic E-state index is 13.8. The number of amides is 2. The second kappa shape index (κ2) is 8.86. The highest BCUT2D eigenvalue weighted by Crippen LogP contribution is 2.20. The zero-order valence-corrected chi connectivity index (χ0v) is 16.5. The Balaban J connectivity index is 1.57. The lowest BCUT2D eigenvalue weighted by atomic mass is 10.0. The van der Waals surface area contributed by atoms with Crippen molar-refractivity contribution in [1.82, 2.24) is 10.2 Å². The summed E-state index contributed by atoms with van der Waals surface area (Å²) < 4.78 is 61.8. The van der Waals surface area contributed by atoms with Crippen LogP contribution in [0.4, 0.5) is 13.2 Å². The topological polar surface area (TPSA) is 83.6 Å². The largest absolute Gasteiger partial charge is 0.349 e. The van der Waals surface area contributed by atoms with Gasteiger partial charge in [0, 0.05) is 24.7 Å². The van der Waals surface area contributed by atoms with Crippen LogP contribution in [0, 0.1) is 5.82 Å². The van der Waals surface area contributed by atoms with E-state index in [0.717, 1.165) is 12.1 Å². The standard InChI is InChI=1S/C20H19F3N2O4S/c21-17-4-2-1-3-16(17)19(27)25-11-9-14(10-12-25)24-18(26)13-5-7-15(8-6-13)30(28,29)20(22)23/h1-8,14,20H,9-12H2,(H,24,26). The summed E-state index contributed by atoms with van der Waals surface area (Å²) in [6, 6.07) is 9.76. The Kier molecular flexibility index (Phi) is 6.45. The number of rotatable bonds is 5. The number of hydrogen-bond donors (Lipinski definition) is 1. The highest BCUT2D eigenvalue weighted by Gasteiger charge is 2.28. The number of hydrogen-bond acceptors (Lipinski definition) is 4. The van der Waals surface area contributed by atoms with Crippen molar-refractivity contribution >= 4 is 21.7 Å². The molecule has 0 aliphatic carbocycles. The minimum atomic E-state index is -4.72. The third-order valence-corrected chi connectivity index (χ3v) is 6.30. The highest BCUT2D eigenvalue weighted by atomic mass is 32.2. The van der Waals surface area contributed by atoms with E-state index in [9.17, 15) is 31.2 Å². The Morgan fingerprint density at radius 1 is 1.00 bits per heavy atom. The molecule has 6 nitrogen and oxygen atoms in total. The van der Waals surface area contributed by atoms with E-state index in [2.05, 4.69) is 5.32 Å². The molecule has 30 heavy (non-hydrogen) atoms. The van der Waals surface area contributed by atoms with Gasteiger partial charge in [0.05, 0.1) is 10.5 Å². The molecular weight excluding hydrogens is 421 g/mol. The van der Waals surface area contributed by atoms with Gasteiger partial charge in [0.2, 0.25) is 9.84 Å². The fourth-order valence-corrected chi connectivity index (χ4v) is 3.92. The molecule has 0 saturated carbocycles. The molecule has 1 heterocycles. The Bertz CT molecular complexity index is 1030. The van der Waals surface area contributed by atoms with Gasteiger partial charge in [-0.3, -0.25) is 9.59 Å². The van der Waals surface area contributed by atoms with Gasteiger partial charge in [-0.15, -0.1) is 0 Å². The molecule has 1 N–H and O–H groups in total. The lowest BCUT2D eigenvalue weighted by Crippen LogP contribution is -2.46. The average Bonchev–Trinajstić information content (AvgIpc) is 2.74. The molecule has 0 unspecified atom stereocenters. The van der Waals surface area contributed by atoms with Gasteiger partial charge in [0.25, 0.3) is 11.8 Å². The fourth-order valence-electron chi connectivity index (χ4n) is 3.20. The molecule has 0 bridgehead atoms. The summed E-state index contributed by atoms with van der Waals surface area (Å²) in [6.07, 6.45) is 0.924. The first-order valence-corrected chi connectivity index (χ1v) is 10.7. The molecule has 0 radical (unpaired) electrons. The van der Waals surface area contributed by atoms with Crippen molar-refractivity contribution in [3.63, 3.8) is 0 Å². The maximum absolute atomic E-state index is 13.8. The Labute approximate surface area is 171 Å². The smallest absolute Gasteiger partial charge is 0.341 e. The van der Waals surface area contributed by atoms with Gasteiger partial charge in [-0.05, 0) is 49.2 Å². The van der Waals surface area contributed by atoms with Gasteiger partial charge >= 0.3 is 5.76 Å². The fraction of sp³-hybridized carbons (Fsp3) is 0.300. The first kappa shape index (κ1) is 21.8. The molecule has 0 atom stereocenters. The lowest BCUT2D eigenvalue weighted by molar-refractivity contribution is 0.0693. The SMILES string of the molecule is O=C(NC1CCN(C(=O)c2ccccc2F)CC1)c1ccc(S(=O)(=O)C(F)F)cc1. The van der Waals surface area contributed by atoms with E-state index in [1.165, 1.54) is 35.2 Å². The monoisotopic (exact) mass is 440 g/mol. The molecule has 0 aromatic heterocycles. The van der Waals surface area contributed by atoms with Crippen LogP contribution < -0.4 is 5.32 Å². The van der Waals surface area contributed by atoms with Gasteiger partial charge in [0.15, 0.2) is 0 Å². The second-order valence-electron chi connectivity index (χ2n) is 6.85. The number of alkyl halides is 2. The van der Waals surface area contributed by atoms with Gasteiger partial charge in [-0.1, -0.05) is 12.1 Å². The average molecular weight is 440 g/mol. The number of piperidine rings is 1. The predicted molar refractivity (Wildman–Crippen MR) is 102 cm³/mol. The molecule has 2 aromatic rings. The van der Waals surface area contributed by atoms with Gasteiger partial charge in [-0.25, -0.2) is 12.8 Å². The molecule has 0 spiro atoms. The molecule has 3 rings (SSSR count). The molecule has 1 aliphatic heterocycles. The van der Waals surface area contributed by atoms with Crippen molar-refractivity contribution < 1.29 is 31.2 Å². The number of nitrogens with zero attached hydrogens (tertiary/aromatic N) is 1. The zero-order chi connectivity index (χ0) is 21.9. The summed E-state index contributed by atoms with van der Waals surface area (Å²) in [6.45, 7) is 0.674. The number of benzene rings is 2. The van der Waals surface area contributed by atoms with Gasteiger partial charge < -0.3 is 10.2 Å². The highest BCUT2D eigenvalue weighted by molar-refractivity contribution is 7.91. The Morgan fingerprint density at radius 2 is 1.60 bits per heavy atom. The van der Waals surface area contributed by atoms with Crippen molar-refractivity contribution in [2.45, 2.75) is 29.5 Å². The number of likely N-dealkylation sites (tertiary alicyclic amines) is 1. The van der Waals surface area contributed by atoms with Crippen LogP contribution in [0.15, 0.2) is 53.4 Å². The van der Waals surface area contributed by atoms with Gasteiger partial charge in [0.1, 0.15) is 5.82 Å². The van der Waals surface area contributed by atoms with Crippen LogP contribution in [-0.4, -0.2) is 50.0 Å². The Hall–Kier alpha value is -2.88. The van der Waals surface area contributed by atoms with Crippen molar-refractivity contribution in [3.8, 4) is 0 Å². The Morgan fingerprint density at radius 3 is 2.17 bits per heavy atom. The first-order valence-electron chi connectivity index (χ1n) is 9.17. The van der Waals surface area contributed by atoms with Crippen LogP contribution in [0.25, 0.3) is 0 Å². The van der Waals surface area contributed by atoms with Crippen LogP contribution in [0.2, 0.25) is 0 Å². The van der Waals surface area contributed by atoms with E-state index in [0.29, 0.717) is 25.9 Å². The number of sulfone groups is 1. The predicted octanol–water partition coefficient (Wildman–Crippen LogP) is 2.86.